The van der Waals surface area contributed by atoms with E-state index in [-0.39, 0.29) is 18.3 Å². The van der Waals surface area contributed by atoms with Crippen LogP contribution < -0.4 is 5.32 Å². The number of carbonyl (C=O) groups is 2. The lowest BCUT2D eigenvalue weighted by Crippen LogP contribution is -2.34. The predicted molar refractivity (Wildman–Crippen MR) is 84.5 cm³/mol. The molecular weight excluding hydrogens is 300 g/mol. The average molecular weight is 326 g/mol. The lowest BCUT2D eigenvalue weighted by atomic mass is 10.1. The van der Waals surface area contributed by atoms with Gasteiger partial charge in [-0.3, -0.25) is 0 Å². The lowest BCUT2D eigenvalue weighted by Gasteiger charge is -2.20. The van der Waals surface area contributed by atoms with Gasteiger partial charge in [0.2, 0.25) is 0 Å². The number of ether oxygens (including phenoxy) is 1. The largest absolute Gasteiger partial charge is 0.476 e. The van der Waals surface area contributed by atoms with Crippen LogP contribution in [0.2, 0.25) is 0 Å². The third kappa shape index (κ3) is 5.54. The van der Waals surface area contributed by atoms with Crippen molar-refractivity contribution in [2.75, 3.05) is 6.54 Å². The van der Waals surface area contributed by atoms with E-state index < -0.39 is 17.7 Å². The first-order valence-electron chi connectivity index (χ1n) is 7.83. The Balaban J connectivity index is 2.80. The van der Waals surface area contributed by atoms with Gasteiger partial charge in [0.05, 0.1) is 11.7 Å². The summed E-state index contributed by atoms with van der Waals surface area (Å²) in [6, 6.07) is 0.0899. The van der Waals surface area contributed by atoms with E-state index in [0.717, 1.165) is 12.8 Å². The summed E-state index contributed by atoms with van der Waals surface area (Å²) >= 11 is 0. The van der Waals surface area contributed by atoms with Crippen LogP contribution in [0.25, 0.3) is 0 Å². The smallest absolute Gasteiger partial charge is 0.407 e. The highest BCUT2D eigenvalue weighted by molar-refractivity contribution is 5.86. The molecule has 0 unspecified atom stereocenters. The van der Waals surface area contributed by atoms with Crippen molar-refractivity contribution in [3.63, 3.8) is 0 Å². The third-order valence-electron chi connectivity index (χ3n) is 3.31. The number of nitrogens with zero attached hydrogens (tertiary/aromatic N) is 3. The van der Waals surface area contributed by atoms with Gasteiger partial charge in [0.1, 0.15) is 5.60 Å². The molecular formula is C15H26N4O4. The maximum Gasteiger partial charge on any atom is 0.407 e. The first kappa shape index (κ1) is 18.9. The molecule has 0 fully saturated rings. The van der Waals surface area contributed by atoms with Crippen LogP contribution in [-0.4, -0.2) is 44.3 Å². The number of hydrogen-bond donors (Lipinski definition) is 2. The van der Waals surface area contributed by atoms with Gasteiger partial charge >= 0.3 is 12.1 Å². The predicted octanol–water partition coefficient (Wildman–Crippen LogP) is 2.40. The van der Waals surface area contributed by atoms with Gasteiger partial charge in [-0.1, -0.05) is 19.1 Å². The molecule has 8 nitrogen and oxygen atoms in total. The second kappa shape index (κ2) is 7.94. The number of amides is 1. The van der Waals surface area contributed by atoms with Crippen LogP contribution in [-0.2, 0) is 11.2 Å². The van der Waals surface area contributed by atoms with Crippen molar-refractivity contribution in [2.45, 2.75) is 65.5 Å². The van der Waals surface area contributed by atoms with Crippen LogP contribution in [0.3, 0.4) is 0 Å². The van der Waals surface area contributed by atoms with Crippen LogP contribution in [0.4, 0.5) is 4.79 Å². The van der Waals surface area contributed by atoms with Gasteiger partial charge in [0.25, 0.3) is 0 Å². The monoisotopic (exact) mass is 326 g/mol. The Labute approximate surface area is 136 Å². The van der Waals surface area contributed by atoms with E-state index in [1.807, 2.05) is 13.8 Å². The Kier molecular flexibility index (Phi) is 6.53. The minimum absolute atomic E-state index is 0.0668. The molecule has 0 saturated carbocycles. The second-order valence-electron chi connectivity index (χ2n) is 6.28. The zero-order chi connectivity index (χ0) is 17.6. The third-order valence-corrected chi connectivity index (χ3v) is 3.31. The zero-order valence-electron chi connectivity index (χ0n) is 14.4. The number of aromatic carboxylic acids is 1. The van der Waals surface area contributed by atoms with E-state index in [2.05, 4.69) is 15.6 Å². The molecule has 1 aromatic heterocycles. The molecule has 23 heavy (non-hydrogen) atoms. The van der Waals surface area contributed by atoms with E-state index in [4.69, 9.17) is 4.74 Å². The molecule has 0 aliphatic heterocycles. The average Bonchev–Trinajstić information content (AvgIpc) is 2.82. The maximum atomic E-state index is 11.6. The molecule has 1 heterocycles. The standard InChI is InChI=1S/C15H26N4O4/c1-6-10(7-2)19-11(12(13(20)21)17-18-19)8-9-16-14(22)23-15(3,4)5/h10H,6-9H2,1-5H3,(H,16,22)(H,20,21). The summed E-state index contributed by atoms with van der Waals surface area (Å²) in [5.41, 5.74) is -0.125. The van der Waals surface area contributed by atoms with Crippen molar-refractivity contribution in [1.82, 2.24) is 20.3 Å². The number of nitrogens with one attached hydrogen (secondary N) is 1. The van der Waals surface area contributed by atoms with Crippen molar-refractivity contribution in [1.29, 1.82) is 0 Å². The second-order valence-corrected chi connectivity index (χ2v) is 6.28. The fraction of sp³-hybridized carbons (Fsp3) is 0.733. The van der Waals surface area contributed by atoms with Crippen molar-refractivity contribution >= 4 is 12.1 Å². The summed E-state index contributed by atoms with van der Waals surface area (Å²) in [6.45, 7) is 9.62. The van der Waals surface area contributed by atoms with E-state index in [0.29, 0.717) is 12.1 Å². The Morgan fingerprint density at radius 3 is 2.39 bits per heavy atom. The highest BCUT2D eigenvalue weighted by atomic mass is 16.6. The van der Waals surface area contributed by atoms with E-state index in [1.165, 1.54) is 0 Å². The summed E-state index contributed by atoms with van der Waals surface area (Å²) in [5.74, 6) is -1.12. The zero-order valence-corrected chi connectivity index (χ0v) is 14.4. The Hall–Kier alpha value is -2.12. The van der Waals surface area contributed by atoms with Crippen LogP contribution in [0.1, 0.15) is 69.7 Å². The SMILES string of the molecule is CCC(CC)n1nnc(C(=O)O)c1CCNC(=O)OC(C)(C)C. The molecule has 0 spiro atoms. The molecule has 0 aliphatic rings. The van der Waals surface area contributed by atoms with Gasteiger partial charge in [-0.15, -0.1) is 5.10 Å². The number of carboxylic acids is 1. The van der Waals surface area contributed by atoms with Gasteiger partial charge < -0.3 is 15.2 Å². The number of carboxylic acid groups (broad SMARTS) is 1. The molecule has 0 aliphatic carbocycles. The maximum absolute atomic E-state index is 11.6. The molecule has 2 N–H and O–H groups in total. The highest BCUT2D eigenvalue weighted by Crippen LogP contribution is 2.19. The van der Waals surface area contributed by atoms with Gasteiger partial charge in [0.15, 0.2) is 5.69 Å². The van der Waals surface area contributed by atoms with Crippen LogP contribution >= 0.6 is 0 Å². The highest BCUT2D eigenvalue weighted by Gasteiger charge is 2.22. The number of aromatic nitrogens is 3. The van der Waals surface area contributed by atoms with Crippen LogP contribution in [0.5, 0.6) is 0 Å². The van der Waals surface area contributed by atoms with Crippen LogP contribution in [0.15, 0.2) is 0 Å². The fourth-order valence-corrected chi connectivity index (χ4v) is 2.24. The molecule has 0 radical (unpaired) electrons. The normalized spacial score (nSPS) is 11.6. The Morgan fingerprint density at radius 1 is 1.30 bits per heavy atom. The number of hydrogen-bond acceptors (Lipinski definition) is 5. The van der Waals surface area contributed by atoms with Gasteiger partial charge in [-0.05, 0) is 33.6 Å². The Bertz CT molecular complexity index is 544. The van der Waals surface area contributed by atoms with Gasteiger partial charge in [-0.2, -0.15) is 0 Å². The molecule has 0 saturated heterocycles. The molecule has 1 amide bonds. The molecule has 0 atom stereocenters. The molecule has 8 heteroatoms. The number of alkyl carbamates (subject to hydrolysis) is 1. The van der Waals surface area contributed by atoms with Crippen molar-refractivity contribution in [3.05, 3.63) is 11.4 Å². The van der Waals surface area contributed by atoms with Crippen LogP contribution in [0, 0.1) is 0 Å². The molecule has 1 aromatic rings. The lowest BCUT2D eigenvalue weighted by molar-refractivity contribution is 0.0528. The fourth-order valence-electron chi connectivity index (χ4n) is 2.24. The quantitative estimate of drug-likeness (QED) is 0.797. The molecule has 130 valence electrons. The van der Waals surface area contributed by atoms with E-state index in [1.54, 1.807) is 25.5 Å². The van der Waals surface area contributed by atoms with Crippen molar-refractivity contribution < 1.29 is 19.4 Å². The number of carbonyl (C=O) groups excluding carboxylic acids is 1. The summed E-state index contributed by atoms with van der Waals surface area (Å²) in [7, 11) is 0. The van der Waals surface area contributed by atoms with Gasteiger partial charge in [0, 0.05) is 13.0 Å². The first-order valence-corrected chi connectivity index (χ1v) is 7.83. The summed E-state index contributed by atoms with van der Waals surface area (Å²) in [5, 5.41) is 19.6. The van der Waals surface area contributed by atoms with Crippen molar-refractivity contribution in [3.8, 4) is 0 Å². The first-order chi connectivity index (χ1) is 10.7. The minimum Gasteiger partial charge on any atom is -0.476 e. The summed E-state index contributed by atoms with van der Waals surface area (Å²) in [6.07, 6.45) is 1.44. The van der Waals surface area contributed by atoms with E-state index >= 15 is 0 Å². The summed E-state index contributed by atoms with van der Waals surface area (Å²) in [4.78, 5) is 22.9. The number of rotatable bonds is 7. The topological polar surface area (TPSA) is 106 Å². The molecule has 1 rings (SSSR count). The Morgan fingerprint density at radius 2 is 1.91 bits per heavy atom. The van der Waals surface area contributed by atoms with Gasteiger partial charge in [-0.25, -0.2) is 14.3 Å². The molecule has 0 bridgehead atoms. The summed E-state index contributed by atoms with van der Waals surface area (Å²) < 4.78 is 6.80. The van der Waals surface area contributed by atoms with E-state index in [9.17, 15) is 14.7 Å². The molecule has 0 aromatic carbocycles. The minimum atomic E-state index is -1.12. The van der Waals surface area contributed by atoms with Crippen molar-refractivity contribution in [2.24, 2.45) is 0 Å².